The van der Waals surface area contributed by atoms with Crippen molar-refractivity contribution in [1.82, 2.24) is 0 Å². The van der Waals surface area contributed by atoms with Crippen LogP contribution in [0.2, 0.25) is 0 Å². The molecule has 2 aliphatic carbocycles. The molecule has 0 heterocycles. The van der Waals surface area contributed by atoms with Gasteiger partial charge >= 0.3 is 0 Å². The van der Waals surface area contributed by atoms with E-state index in [1.165, 1.54) is 110 Å². The van der Waals surface area contributed by atoms with Gasteiger partial charge in [0.15, 0.2) is 0 Å². The fourth-order valence-electron chi connectivity index (χ4n) is 8.79. The second-order valence-electron chi connectivity index (χ2n) is 13.1. The maximum atomic E-state index is 2.43. The lowest BCUT2D eigenvalue weighted by Gasteiger charge is -2.21. The van der Waals surface area contributed by atoms with Gasteiger partial charge in [-0.25, -0.2) is 0 Å². The molecule has 9 aromatic rings. The molecule has 9 aromatic carbocycles. The van der Waals surface area contributed by atoms with E-state index in [4.69, 9.17) is 0 Å². The highest BCUT2D eigenvalue weighted by molar-refractivity contribution is 6.33. The average molecular weight is 605 g/mol. The molecule has 0 heteroatoms. The van der Waals surface area contributed by atoms with Crippen molar-refractivity contribution < 1.29 is 0 Å². The Kier molecular flexibility index (Phi) is 5.20. The van der Waals surface area contributed by atoms with Crippen molar-refractivity contribution >= 4 is 32.3 Å². The van der Waals surface area contributed by atoms with Gasteiger partial charge < -0.3 is 0 Å². The van der Waals surface area contributed by atoms with Crippen molar-refractivity contribution in [2.75, 3.05) is 0 Å². The predicted molar refractivity (Wildman–Crippen MR) is 204 cm³/mol. The average Bonchev–Trinajstić information content (AvgIpc) is 3.66. The largest absolute Gasteiger partial charge is 0.0622 e. The molecular weight excluding hydrogens is 577 g/mol. The molecule has 0 bridgehead atoms. The Balaban J connectivity index is 1.33. The van der Waals surface area contributed by atoms with Gasteiger partial charge in [0.2, 0.25) is 0 Å². The molecule has 0 aromatic heterocycles. The van der Waals surface area contributed by atoms with Crippen molar-refractivity contribution in [3.8, 4) is 77.9 Å². The quantitative estimate of drug-likeness (QED) is 0.176. The highest BCUT2D eigenvalue weighted by Crippen LogP contribution is 2.62. The smallest absolute Gasteiger partial charge is 0.000740 e. The molecule has 48 heavy (non-hydrogen) atoms. The van der Waals surface area contributed by atoms with Crippen LogP contribution in [-0.4, -0.2) is 0 Å². The summed E-state index contributed by atoms with van der Waals surface area (Å²) in [6.07, 6.45) is 0. The SMILES string of the molecule is c1ccc(-c2cccc3c2-c2ccc4c5c(ccc-3c25)-c2c-4c(-c3ccccc3)c3cc4ccccc4cc3c2-c2ccccc2)cc1. The van der Waals surface area contributed by atoms with E-state index >= 15 is 0 Å². The van der Waals surface area contributed by atoms with Gasteiger partial charge in [0.25, 0.3) is 0 Å². The van der Waals surface area contributed by atoms with Crippen LogP contribution in [0.3, 0.4) is 0 Å². The zero-order valence-electron chi connectivity index (χ0n) is 26.2. The Hall–Kier alpha value is -6.24. The van der Waals surface area contributed by atoms with Crippen molar-refractivity contribution in [2.24, 2.45) is 0 Å². The summed E-state index contributed by atoms with van der Waals surface area (Å²) in [5.74, 6) is 0. The molecule has 0 radical (unpaired) electrons. The zero-order chi connectivity index (χ0) is 31.3. The normalized spacial score (nSPS) is 12.2. The standard InChI is InChI=1S/C48H28/c1-4-13-29(14-5-1)34-21-12-22-35-36-23-24-38-46-39(26-25-37(44(34)35)45(36)46)48-43(31-17-8-3-9-18-31)41-28-33-20-11-10-19-32(33)27-40(41)42(47(38)48)30-15-6-2-7-16-30/h1-28H. The summed E-state index contributed by atoms with van der Waals surface area (Å²) in [6.45, 7) is 0. The first kappa shape index (κ1) is 25.9. The summed E-state index contributed by atoms with van der Waals surface area (Å²) in [4.78, 5) is 0. The highest BCUT2D eigenvalue weighted by atomic mass is 14.4. The number of hydrogen-bond donors (Lipinski definition) is 0. The topological polar surface area (TPSA) is 0 Å². The summed E-state index contributed by atoms with van der Waals surface area (Å²) in [5.41, 5.74) is 18.4. The van der Waals surface area contributed by atoms with E-state index in [2.05, 4.69) is 170 Å². The van der Waals surface area contributed by atoms with Gasteiger partial charge in [0, 0.05) is 0 Å². The Morgan fingerprint density at radius 3 is 1.19 bits per heavy atom. The lowest BCUT2D eigenvalue weighted by atomic mass is 9.81. The molecule has 0 spiro atoms. The Bertz CT molecular complexity index is 2680. The lowest BCUT2D eigenvalue weighted by molar-refractivity contribution is 1.61. The summed E-state index contributed by atoms with van der Waals surface area (Å²) in [7, 11) is 0. The molecule has 11 rings (SSSR count). The van der Waals surface area contributed by atoms with Gasteiger partial charge in [-0.1, -0.05) is 158 Å². The molecule has 0 atom stereocenters. The molecule has 0 saturated carbocycles. The van der Waals surface area contributed by atoms with Gasteiger partial charge in [-0.2, -0.15) is 0 Å². The Morgan fingerprint density at radius 2 is 0.646 bits per heavy atom. The van der Waals surface area contributed by atoms with Crippen LogP contribution in [0.25, 0.3) is 110 Å². The van der Waals surface area contributed by atoms with E-state index in [1.54, 1.807) is 0 Å². The summed E-state index contributed by atoms with van der Waals surface area (Å²) in [5, 5.41) is 7.89. The molecule has 0 unspecified atom stereocenters. The van der Waals surface area contributed by atoms with Gasteiger partial charge in [-0.3, -0.25) is 0 Å². The lowest BCUT2D eigenvalue weighted by Crippen LogP contribution is -1.94. The monoisotopic (exact) mass is 604 g/mol. The molecule has 0 N–H and O–H groups in total. The minimum atomic E-state index is 1.25. The number of fused-ring (bicyclic) bond motifs is 8. The Morgan fingerprint density at radius 1 is 0.229 bits per heavy atom. The number of benzene rings is 9. The second-order valence-corrected chi connectivity index (χ2v) is 13.1. The fourth-order valence-corrected chi connectivity index (χ4v) is 8.79. The van der Waals surface area contributed by atoms with Gasteiger partial charge in [0.05, 0.1) is 0 Å². The van der Waals surface area contributed by atoms with Crippen molar-refractivity contribution in [2.45, 2.75) is 0 Å². The maximum absolute atomic E-state index is 2.43. The minimum absolute atomic E-state index is 1.25. The first-order valence-electron chi connectivity index (χ1n) is 16.8. The third-order valence-corrected chi connectivity index (χ3v) is 10.7. The second kappa shape index (κ2) is 9.64. The third-order valence-electron chi connectivity index (χ3n) is 10.7. The van der Waals surface area contributed by atoms with E-state index in [1.807, 2.05) is 0 Å². The number of hydrogen-bond acceptors (Lipinski definition) is 0. The molecule has 0 nitrogen and oxygen atoms in total. The van der Waals surface area contributed by atoms with Crippen molar-refractivity contribution in [3.63, 3.8) is 0 Å². The van der Waals surface area contributed by atoms with Crippen LogP contribution < -0.4 is 0 Å². The van der Waals surface area contributed by atoms with Gasteiger partial charge in [-0.15, -0.1) is 0 Å². The van der Waals surface area contributed by atoms with Crippen molar-refractivity contribution in [1.29, 1.82) is 0 Å². The maximum Gasteiger partial charge on any atom is -0.000740 e. The Labute approximate surface area is 279 Å². The number of rotatable bonds is 3. The van der Waals surface area contributed by atoms with Crippen LogP contribution in [0.1, 0.15) is 0 Å². The summed E-state index contributed by atoms with van der Waals surface area (Å²) < 4.78 is 0. The zero-order valence-corrected chi connectivity index (χ0v) is 26.2. The van der Waals surface area contributed by atoms with Crippen LogP contribution in [-0.2, 0) is 0 Å². The van der Waals surface area contributed by atoms with Crippen LogP contribution in [0.4, 0.5) is 0 Å². The van der Waals surface area contributed by atoms with Crippen LogP contribution in [0.5, 0.6) is 0 Å². The first-order valence-corrected chi connectivity index (χ1v) is 16.8. The van der Waals surface area contributed by atoms with E-state index in [9.17, 15) is 0 Å². The molecule has 2 aliphatic rings. The highest BCUT2D eigenvalue weighted by Gasteiger charge is 2.35. The first-order chi connectivity index (χ1) is 23.8. The van der Waals surface area contributed by atoms with E-state index in [0.29, 0.717) is 0 Å². The molecular formula is C48H28. The van der Waals surface area contributed by atoms with Crippen molar-refractivity contribution in [3.05, 3.63) is 170 Å². The van der Waals surface area contributed by atoms with Crippen LogP contribution in [0, 0.1) is 0 Å². The molecule has 0 aliphatic heterocycles. The van der Waals surface area contributed by atoms with Gasteiger partial charge in [0.1, 0.15) is 0 Å². The molecule has 220 valence electrons. The molecule has 0 amide bonds. The van der Waals surface area contributed by atoms with E-state index in [0.717, 1.165) is 0 Å². The summed E-state index contributed by atoms with van der Waals surface area (Å²) >= 11 is 0. The summed E-state index contributed by atoms with van der Waals surface area (Å²) in [6, 6.07) is 63.0. The predicted octanol–water partition coefficient (Wildman–Crippen LogP) is 13.4. The fraction of sp³-hybridized carbons (Fsp3) is 0. The molecule has 0 saturated heterocycles. The van der Waals surface area contributed by atoms with Gasteiger partial charge in [-0.05, 0) is 122 Å². The molecule has 0 fully saturated rings. The third kappa shape index (κ3) is 3.39. The van der Waals surface area contributed by atoms with E-state index < -0.39 is 0 Å². The minimum Gasteiger partial charge on any atom is -0.0622 e. The van der Waals surface area contributed by atoms with E-state index in [-0.39, 0.29) is 0 Å². The van der Waals surface area contributed by atoms with Crippen LogP contribution >= 0.6 is 0 Å². The van der Waals surface area contributed by atoms with Crippen LogP contribution in [0.15, 0.2) is 170 Å².